The number of pyridine rings is 1. The highest BCUT2D eigenvalue weighted by molar-refractivity contribution is 9.10. The van der Waals surface area contributed by atoms with Crippen LogP contribution in [-0.4, -0.2) is 13.3 Å². The van der Waals surface area contributed by atoms with E-state index in [2.05, 4.69) is 114 Å². The Balaban J connectivity index is 1.90. The molecule has 150 valence electrons. The zero-order valence-electron chi connectivity index (χ0n) is 17.3. The van der Waals surface area contributed by atoms with Crippen molar-refractivity contribution >= 4 is 34.6 Å². The predicted molar refractivity (Wildman–Crippen MR) is 126 cm³/mol. The van der Waals surface area contributed by atoms with Crippen molar-refractivity contribution in [1.29, 1.82) is 0 Å². The van der Waals surface area contributed by atoms with E-state index in [1.54, 1.807) is 0 Å². The van der Waals surface area contributed by atoms with Crippen LogP contribution in [0.15, 0.2) is 83.6 Å². The molecule has 29 heavy (non-hydrogen) atoms. The van der Waals surface area contributed by atoms with Gasteiger partial charge >= 0.3 is 0 Å². The first-order valence-electron chi connectivity index (χ1n) is 10.3. The van der Waals surface area contributed by atoms with Crippen LogP contribution in [-0.2, 0) is 4.43 Å². The van der Waals surface area contributed by atoms with Gasteiger partial charge in [-0.1, -0.05) is 81.4 Å². The van der Waals surface area contributed by atoms with Gasteiger partial charge in [0.1, 0.15) is 4.60 Å². The second kappa shape index (κ2) is 8.17. The molecule has 0 saturated heterocycles. The van der Waals surface area contributed by atoms with Crippen molar-refractivity contribution in [2.45, 2.75) is 44.8 Å². The highest BCUT2D eigenvalue weighted by Crippen LogP contribution is 2.48. The lowest BCUT2D eigenvalue weighted by molar-refractivity contribution is 0.167. The summed E-state index contributed by atoms with van der Waals surface area (Å²) in [5.41, 5.74) is 1.22. The molecule has 1 atom stereocenters. The van der Waals surface area contributed by atoms with E-state index < -0.39 is 8.32 Å². The van der Waals surface area contributed by atoms with Crippen LogP contribution in [0.4, 0.5) is 0 Å². The minimum atomic E-state index is -2.57. The molecule has 1 saturated carbocycles. The Bertz CT molecular complexity index is 912. The summed E-state index contributed by atoms with van der Waals surface area (Å²) in [6.07, 6.45) is 4.41. The van der Waals surface area contributed by atoms with Crippen molar-refractivity contribution in [2.24, 2.45) is 5.92 Å². The van der Waals surface area contributed by atoms with Crippen LogP contribution in [0.3, 0.4) is 0 Å². The van der Waals surface area contributed by atoms with Crippen molar-refractivity contribution < 1.29 is 4.43 Å². The maximum Gasteiger partial charge on any atom is 0.261 e. The highest BCUT2D eigenvalue weighted by atomic mass is 79.9. The molecule has 2 nitrogen and oxygen atoms in total. The molecule has 4 heteroatoms. The fraction of sp³-hybridized carbons (Fsp3) is 0.320. The lowest BCUT2D eigenvalue weighted by atomic mass is 10.1. The standard InChI is InChI=1S/C25H28BrNOSi/c1-25(2,3)29(21-10-6-4-7-11-21,22-12-8-5-9-13-22)28-24(19-14-15-19)20-16-17-27-23(26)18-20/h4-13,16-19,24H,14-15H2,1-3H3. The third-order valence-electron chi connectivity index (χ3n) is 5.85. The molecule has 1 fully saturated rings. The van der Waals surface area contributed by atoms with E-state index in [1.165, 1.54) is 28.8 Å². The summed E-state index contributed by atoms with van der Waals surface area (Å²) in [5.74, 6) is 0.575. The molecule has 1 aliphatic rings. The van der Waals surface area contributed by atoms with Crippen molar-refractivity contribution in [2.75, 3.05) is 0 Å². The van der Waals surface area contributed by atoms with E-state index in [1.807, 2.05) is 6.20 Å². The van der Waals surface area contributed by atoms with Gasteiger partial charge in [0.25, 0.3) is 8.32 Å². The monoisotopic (exact) mass is 465 g/mol. The van der Waals surface area contributed by atoms with Gasteiger partial charge in [0.05, 0.1) is 6.10 Å². The molecule has 0 radical (unpaired) electrons. The third-order valence-corrected chi connectivity index (χ3v) is 11.3. The summed E-state index contributed by atoms with van der Waals surface area (Å²) in [4.78, 5) is 4.34. The Hall–Kier alpha value is -1.75. The minimum Gasteiger partial charge on any atom is -0.400 e. The van der Waals surface area contributed by atoms with Crippen molar-refractivity contribution in [1.82, 2.24) is 4.98 Å². The lowest BCUT2D eigenvalue weighted by Gasteiger charge is -2.45. The van der Waals surface area contributed by atoms with E-state index in [9.17, 15) is 0 Å². The van der Waals surface area contributed by atoms with Crippen LogP contribution >= 0.6 is 15.9 Å². The second-order valence-electron chi connectivity index (χ2n) is 8.95. The zero-order valence-corrected chi connectivity index (χ0v) is 19.9. The highest BCUT2D eigenvalue weighted by Gasteiger charge is 2.53. The van der Waals surface area contributed by atoms with Gasteiger partial charge in [-0.25, -0.2) is 4.98 Å². The maximum atomic E-state index is 7.43. The first-order chi connectivity index (χ1) is 13.9. The largest absolute Gasteiger partial charge is 0.400 e. The SMILES string of the molecule is CC(C)(C)[Si](OC(c1ccnc(Br)c1)C1CC1)(c1ccccc1)c1ccccc1. The first kappa shape index (κ1) is 20.5. The van der Waals surface area contributed by atoms with E-state index in [-0.39, 0.29) is 11.1 Å². The number of nitrogens with zero attached hydrogens (tertiary/aromatic N) is 1. The molecule has 1 aromatic heterocycles. The lowest BCUT2D eigenvalue weighted by Crippen LogP contribution is -2.67. The summed E-state index contributed by atoms with van der Waals surface area (Å²) in [6, 6.07) is 26.0. The van der Waals surface area contributed by atoms with E-state index in [0.29, 0.717) is 5.92 Å². The summed E-state index contributed by atoms with van der Waals surface area (Å²) in [5, 5.41) is 2.64. The Morgan fingerprint density at radius 2 is 1.48 bits per heavy atom. The molecule has 1 heterocycles. The van der Waals surface area contributed by atoms with Crippen LogP contribution in [0.25, 0.3) is 0 Å². The van der Waals surface area contributed by atoms with Crippen LogP contribution < -0.4 is 10.4 Å². The smallest absolute Gasteiger partial charge is 0.261 e. The molecular formula is C25H28BrNOSi. The molecule has 0 bridgehead atoms. The number of benzene rings is 2. The van der Waals surface area contributed by atoms with Gasteiger partial charge in [-0.2, -0.15) is 0 Å². The Morgan fingerprint density at radius 3 is 1.93 bits per heavy atom. The molecule has 0 amide bonds. The second-order valence-corrected chi connectivity index (χ2v) is 14.0. The van der Waals surface area contributed by atoms with Crippen molar-refractivity contribution in [3.8, 4) is 0 Å². The number of rotatable bonds is 6. The molecule has 4 rings (SSSR count). The average Bonchev–Trinajstić information content (AvgIpc) is 3.54. The average molecular weight is 466 g/mol. The van der Waals surface area contributed by atoms with Gasteiger partial charge in [0.15, 0.2) is 0 Å². The Kier molecular flexibility index (Phi) is 5.78. The van der Waals surface area contributed by atoms with Crippen LogP contribution in [0.2, 0.25) is 5.04 Å². The summed E-state index contributed by atoms with van der Waals surface area (Å²) < 4.78 is 8.30. The van der Waals surface area contributed by atoms with Gasteiger partial charge in [0, 0.05) is 6.20 Å². The summed E-state index contributed by atoms with van der Waals surface area (Å²) >= 11 is 3.55. The van der Waals surface area contributed by atoms with Gasteiger partial charge in [-0.05, 0) is 67.8 Å². The number of hydrogen-bond donors (Lipinski definition) is 0. The third kappa shape index (κ3) is 4.11. The summed E-state index contributed by atoms with van der Waals surface area (Å²) in [7, 11) is -2.57. The summed E-state index contributed by atoms with van der Waals surface area (Å²) in [6.45, 7) is 7.02. The number of aromatic nitrogens is 1. The van der Waals surface area contributed by atoms with Crippen molar-refractivity contribution in [3.05, 3.63) is 89.2 Å². The molecule has 1 aliphatic carbocycles. The van der Waals surface area contributed by atoms with Gasteiger partial charge in [0.2, 0.25) is 0 Å². The van der Waals surface area contributed by atoms with Gasteiger partial charge < -0.3 is 4.43 Å². The zero-order chi connectivity index (χ0) is 20.5. The van der Waals surface area contributed by atoms with Crippen LogP contribution in [0.5, 0.6) is 0 Å². The van der Waals surface area contributed by atoms with Crippen LogP contribution in [0, 0.1) is 5.92 Å². The molecule has 3 aromatic rings. The van der Waals surface area contributed by atoms with Gasteiger partial charge in [-0.15, -0.1) is 0 Å². The minimum absolute atomic E-state index is 0.0207. The predicted octanol–water partition coefficient (Wildman–Crippen LogP) is 5.87. The number of hydrogen-bond acceptors (Lipinski definition) is 2. The van der Waals surface area contributed by atoms with E-state index >= 15 is 0 Å². The molecule has 0 aliphatic heterocycles. The number of halogens is 1. The normalized spacial score (nSPS) is 15.9. The quantitative estimate of drug-likeness (QED) is 0.335. The molecule has 0 spiro atoms. The topological polar surface area (TPSA) is 22.1 Å². The molecule has 2 aromatic carbocycles. The van der Waals surface area contributed by atoms with Crippen LogP contribution in [0.1, 0.15) is 45.3 Å². The molecule has 0 N–H and O–H groups in total. The maximum absolute atomic E-state index is 7.43. The first-order valence-corrected chi connectivity index (χ1v) is 13.0. The Labute approximate surface area is 183 Å². The van der Waals surface area contributed by atoms with E-state index in [0.717, 1.165) is 4.60 Å². The molecular weight excluding hydrogens is 438 g/mol. The Morgan fingerprint density at radius 1 is 0.931 bits per heavy atom. The fourth-order valence-electron chi connectivity index (χ4n) is 4.31. The van der Waals surface area contributed by atoms with Gasteiger partial charge in [-0.3, -0.25) is 0 Å². The van der Waals surface area contributed by atoms with E-state index in [4.69, 9.17) is 4.43 Å². The molecule has 1 unspecified atom stereocenters. The van der Waals surface area contributed by atoms with Crippen molar-refractivity contribution in [3.63, 3.8) is 0 Å². The fourth-order valence-corrected chi connectivity index (χ4v) is 9.42.